The van der Waals surface area contributed by atoms with Crippen molar-refractivity contribution in [2.75, 3.05) is 0 Å². The van der Waals surface area contributed by atoms with E-state index in [1.807, 2.05) is 17.5 Å². The molecule has 5 heteroatoms. The lowest BCUT2D eigenvalue weighted by Gasteiger charge is -1.97. The lowest BCUT2D eigenvalue weighted by atomic mass is 10.3. The fraction of sp³-hybridized carbons (Fsp3) is 0. The van der Waals surface area contributed by atoms with E-state index in [-0.39, 0.29) is 5.82 Å². The first-order chi connectivity index (χ1) is 6.77. The van der Waals surface area contributed by atoms with E-state index >= 15 is 0 Å². The molecule has 2 aromatic heterocycles. The summed E-state index contributed by atoms with van der Waals surface area (Å²) in [4.78, 5) is 19.6. The van der Waals surface area contributed by atoms with E-state index in [2.05, 4.69) is 9.97 Å². The number of primary amides is 1. The molecule has 2 N–H and O–H groups in total. The van der Waals surface area contributed by atoms with E-state index in [4.69, 9.17) is 5.73 Å². The number of rotatable bonds is 2. The third-order valence-electron chi connectivity index (χ3n) is 1.65. The molecule has 14 heavy (non-hydrogen) atoms. The number of hydrogen-bond acceptors (Lipinski definition) is 4. The maximum atomic E-state index is 10.8. The highest BCUT2D eigenvalue weighted by molar-refractivity contribution is 7.13. The van der Waals surface area contributed by atoms with Crippen LogP contribution in [0.15, 0.2) is 29.8 Å². The third kappa shape index (κ3) is 1.62. The Labute approximate surface area is 84.4 Å². The van der Waals surface area contributed by atoms with Gasteiger partial charge in [0.1, 0.15) is 0 Å². The van der Waals surface area contributed by atoms with Crippen molar-refractivity contribution < 1.29 is 4.79 Å². The zero-order valence-corrected chi connectivity index (χ0v) is 7.99. The molecule has 2 rings (SSSR count). The molecule has 0 aromatic carbocycles. The van der Waals surface area contributed by atoms with Gasteiger partial charge in [-0.1, -0.05) is 6.07 Å². The molecule has 0 saturated heterocycles. The van der Waals surface area contributed by atoms with Crippen molar-refractivity contribution in [3.8, 4) is 10.6 Å². The molecule has 0 fully saturated rings. The largest absolute Gasteiger partial charge is 0.363 e. The topological polar surface area (TPSA) is 68.9 Å². The lowest BCUT2D eigenvalue weighted by molar-refractivity contribution is 0.0990. The molecular weight excluding hydrogens is 198 g/mol. The predicted octanol–water partition coefficient (Wildman–Crippen LogP) is 1.30. The molecule has 0 radical (unpaired) electrons. The number of carbonyl (C=O) groups excluding carboxylic acids is 1. The fourth-order valence-electron chi connectivity index (χ4n) is 1.04. The van der Waals surface area contributed by atoms with Crippen LogP contribution in [0.5, 0.6) is 0 Å². The third-order valence-corrected chi connectivity index (χ3v) is 2.54. The van der Waals surface area contributed by atoms with Crippen LogP contribution in [0.3, 0.4) is 0 Å². The van der Waals surface area contributed by atoms with E-state index in [0.717, 1.165) is 10.6 Å². The van der Waals surface area contributed by atoms with Crippen LogP contribution in [0.25, 0.3) is 10.6 Å². The summed E-state index contributed by atoms with van der Waals surface area (Å²) in [6.07, 6.45) is 1.53. The summed E-state index contributed by atoms with van der Waals surface area (Å²) in [6, 6.07) is 5.60. The maximum absolute atomic E-state index is 10.8. The molecule has 0 spiro atoms. The quantitative estimate of drug-likeness (QED) is 0.803. The molecule has 0 atom stereocenters. The molecule has 0 aliphatic carbocycles. The van der Waals surface area contributed by atoms with Crippen LogP contribution in [0.2, 0.25) is 0 Å². The molecule has 70 valence electrons. The van der Waals surface area contributed by atoms with Crippen molar-refractivity contribution in [2.45, 2.75) is 0 Å². The molecule has 0 aliphatic heterocycles. The Morgan fingerprint density at radius 3 is 2.93 bits per heavy atom. The van der Waals surface area contributed by atoms with Crippen LogP contribution in [0.1, 0.15) is 10.6 Å². The highest BCUT2D eigenvalue weighted by atomic mass is 32.1. The van der Waals surface area contributed by atoms with Crippen molar-refractivity contribution in [3.63, 3.8) is 0 Å². The SMILES string of the molecule is NC(=O)c1nccc(-c2cccs2)n1. The smallest absolute Gasteiger partial charge is 0.286 e. The molecule has 0 unspecified atom stereocenters. The van der Waals surface area contributed by atoms with Gasteiger partial charge in [0.15, 0.2) is 0 Å². The maximum Gasteiger partial charge on any atom is 0.286 e. The van der Waals surface area contributed by atoms with Gasteiger partial charge in [-0.15, -0.1) is 11.3 Å². The summed E-state index contributed by atoms with van der Waals surface area (Å²) in [5.74, 6) is -0.556. The van der Waals surface area contributed by atoms with Gasteiger partial charge in [0.25, 0.3) is 5.91 Å². The van der Waals surface area contributed by atoms with Gasteiger partial charge in [0.05, 0.1) is 10.6 Å². The summed E-state index contributed by atoms with van der Waals surface area (Å²) in [6.45, 7) is 0. The first-order valence-corrected chi connectivity index (χ1v) is 4.82. The molecule has 1 amide bonds. The highest BCUT2D eigenvalue weighted by Crippen LogP contribution is 2.21. The van der Waals surface area contributed by atoms with Crippen LogP contribution in [-0.4, -0.2) is 15.9 Å². The second kappa shape index (κ2) is 3.55. The summed E-state index contributed by atoms with van der Waals surface area (Å²) < 4.78 is 0. The molecule has 0 bridgehead atoms. The molecule has 4 nitrogen and oxygen atoms in total. The minimum atomic E-state index is -0.608. The van der Waals surface area contributed by atoms with Crippen LogP contribution >= 0.6 is 11.3 Å². The average molecular weight is 205 g/mol. The second-order valence-corrected chi connectivity index (χ2v) is 3.55. The van der Waals surface area contributed by atoms with Crippen LogP contribution in [0, 0.1) is 0 Å². The molecule has 2 heterocycles. The number of hydrogen-bond donors (Lipinski definition) is 1. The Morgan fingerprint density at radius 1 is 1.43 bits per heavy atom. The molecule has 0 aliphatic rings. The van der Waals surface area contributed by atoms with Crippen LogP contribution < -0.4 is 5.73 Å². The van der Waals surface area contributed by atoms with Crippen molar-refractivity contribution in [3.05, 3.63) is 35.6 Å². The van der Waals surface area contributed by atoms with Crippen molar-refractivity contribution in [1.29, 1.82) is 0 Å². The van der Waals surface area contributed by atoms with Gasteiger partial charge in [-0.25, -0.2) is 9.97 Å². The Kier molecular flexibility index (Phi) is 2.24. The molecular formula is C9H7N3OS. The Hall–Kier alpha value is -1.75. The van der Waals surface area contributed by atoms with Crippen LogP contribution in [0.4, 0.5) is 0 Å². The molecule has 0 saturated carbocycles. The Morgan fingerprint density at radius 2 is 2.29 bits per heavy atom. The number of aromatic nitrogens is 2. The number of thiophene rings is 1. The first kappa shape index (κ1) is 8.83. The minimum absolute atomic E-state index is 0.0518. The summed E-state index contributed by atoms with van der Waals surface area (Å²) >= 11 is 1.55. The normalized spacial score (nSPS) is 10.0. The van der Waals surface area contributed by atoms with Crippen molar-refractivity contribution >= 4 is 17.2 Å². The van der Waals surface area contributed by atoms with E-state index in [1.165, 1.54) is 6.20 Å². The van der Waals surface area contributed by atoms with Gasteiger partial charge in [-0.05, 0) is 17.5 Å². The minimum Gasteiger partial charge on any atom is -0.363 e. The number of amides is 1. The fourth-order valence-corrected chi connectivity index (χ4v) is 1.73. The molecule has 2 aromatic rings. The van der Waals surface area contributed by atoms with Gasteiger partial charge in [-0.3, -0.25) is 4.79 Å². The van der Waals surface area contributed by atoms with Crippen LogP contribution in [-0.2, 0) is 0 Å². The number of carbonyl (C=O) groups is 1. The standard InChI is InChI=1S/C9H7N3OS/c10-8(13)9-11-4-3-6(12-9)7-2-1-5-14-7/h1-5H,(H2,10,13). The van der Waals surface area contributed by atoms with Gasteiger partial charge in [-0.2, -0.15) is 0 Å². The zero-order chi connectivity index (χ0) is 9.97. The van der Waals surface area contributed by atoms with Gasteiger partial charge >= 0.3 is 0 Å². The summed E-state index contributed by atoms with van der Waals surface area (Å²) in [5.41, 5.74) is 5.80. The monoisotopic (exact) mass is 205 g/mol. The van der Waals surface area contributed by atoms with Crippen molar-refractivity contribution in [1.82, 2.24) is 9.97 Å². The first-order valence-electron chi connectivity index (χ1n) is 3.94. The van der Waals surface area contributed by atoms with Gasteiger partial charge in [0.2, 0.25) is 5.82 Å². The van der Waals surface area contributed by atoms with Gasteiger partial charge in [0, 0.05) is 6.20 Å². The zero-order valence-electron chi connectivity index (χ0n) is 7.18. The summed E-state index contributed by atoms with van der Waals surface area (Å²) in [5, 5.41) is 1.95. The van der Waals surface area contributed by atoms with E-state index < -0.39 is 5.91 Å². The van der Waals surface area contributed by atoms with E-state index in [9.17, 15) is 4.79 Å². The summed E-state index contributed by atoms with van der Waals surface area (Å²) in [7, 11) is 0. The van der Waals surface area contributed by atoms with E-state index in [1.54, 1.807) is 17.4 Å². The number of nitrogens with two attached hydrogens (primary N) is 1. The Balaban J connectivity index is 2.46. The second-order valence-electron chi connectivity index (χ2n) is 2.61. The Bertz CT molecular complexity index is 453. The van der Waals surface area contributed by atoms with Crippen molar-refractivity contribution in [2.24, 2.45) is 5.73 Å². The van der Waals surface area contributed by atoms with Gasteiger partial charge < -0.3 is 5.73 Å². The lowest BCUT2D eigenvalue weighted by Crippen LogP contribution is -2.15. The highest BCUT2D eigenvalue weighted by Gasteiger charge is 2.06. The number of nitrogens with zero attached hydrogens (tertiary/aromatic N) is 2. The average Bonchev–Trinajstić information content (AvgIpc) is 2.71. The van der Waals surface area contributed by atoms with E-state index in [0.29, 0.717) is 0 Å². The predicted molar refractivity (Wildman–Crippen MR) is 53.9 cm³/mol.